The number of carbonyl (C=O) groups excluding carboxylic acids is 2. The highest BCUT2D eigenvalue weighted by Crippen LogP contribution is 2.44. The highest BCUT2D eigenvalue weighted by molar-refractivity contribution is 5.79. The fourth-order valence-electron chi connectivity index (χ4n) is 3.97. The number of amides is 2. The molecule has 3 rings (SSSR count). The van der Waals surface area contributed by atoms with Crippen LogP contribution in [0.15, 0.2) is 48.5 Å². The third-order valence-electron chi connectivity index (χ3n) is 5.80. The Labute approximate surface area is 193 Å². The lowest BCUT2D eigenvalue weighted by atomic mass is 9.98. The van der Waals surface area contributed by atoms with Crippen LogP contribution in [-0.2, 0) is 14.3 Å². The van der Waals surface area contributed by atoms with Crippen LogP contribution in [0.3, 0.4) is 0 Å². The number of ether oxygens (including phenoxy) is 1. The van der Waals surface area contributed by atoms with Gasteiger partial charge < -0.3 is 25.6 Å². The van der Waals surface area contributed by atoms with Gasteiger partial charge in [0.15, 0.2) is 0 Å². The zero-order valence-corrected chi connectivity index (χ0v) is 18.6. The van der Waals surface area contributed by atoms with Crippen molar-refractivity contribution in [2.45, 2.75) is 38.2 Å². The minimum atomic E-state index is -1.05. The van der Waals surface area contributed by atoms with Crippen LogP contribution in [0.4, 0.5) is 4.79 Å². The largest absolute Gasteiger partial charge is 0.481 e. The smallest absolute Gasteiger partial charge is 0.407 e. The molecule has 8 heteroatoms. The fraction of sp³-hybridized carbons (Fsp3) is 0.400. The molecule has 0 bridgehead atoms. The van der Waals surface area contributed by atoms with Gasteiger partial charge in [-0.25, -0.2) is 4.79 Å². The van der Waals surface area contributed by atoms with Gasteiger partial charge in [0.05, 0.1) is 18.4 Å². The zero-order chi connectivity index (χ0) is 23.8. The van der Waals surface area contributed by atoms with Crippen LogP contribution in [0.2, 0.25) is 0 Å². The molecule has 1 aliphatic carbocycles. The highest BCUT2D eigenvalue weighted by Gasteiger charge is 2.29. The van der Waals surface area contributed by atoms with Gasteiger partial charge in [-0.1, -0.05) is 55.5 Å². The first-order chi connectivity index (χ1) is 15.9. The van der Waals surface area contributed by atoms with E-state index in [9.17, 15) is 19.5 Å². The van der Waals surface area contributed by atoms with Crippen molar-refractivity contribution in [1.82, 2.24) is 10.6 Å². The molecule has 0 saturated carbocycles. The summed E-state index contributed by atoms with van der Waals surface area (Å²) in [6, 6.07) is 16.1. The molecule has 2 atom stereocenters. The average Bonchev–Trinajstić information content (AvgIpc) is 3.12. The van der Waals surface area contributed by atoms with E-state index in [2.05, 4.69) is 22.8 Å². The first kappa shape index (κ1) is 24.3. The molecule has 2 amide bonds. The van der Waals surface area contributed by atoms with Gasteiger partial charge in [-0.2, -0.15) is 0 Å². The Kier molecular flexibility index (Phi) is 8.43. The Morgan fingerprint density at radius 2 is 1.61 bits per heavy atom. The van der Waals surface area contributed by atoms with Gasteiger partial charge in [0.25, 0.3) is 0 Å². The lowest BCUT2D eigenvalue weighted by Gasteiger charge is -2.16. The summed E-state index contributed by atoms with van der Waals surface area (Å²) in [6.07, 6.45) is -0.880. The number of fused-ring (bicyclic) bond motifs is 3. The molecule has 0 heterocycles. The van der Waals surface area contributed by atoms with E-state index in [1.54, 1.807) is 6.92 Å². The Morgan fingerprint density at radius 3 is 2.21 bits per heavy atom. The topological polar surface area (TPSA) is 125 Å². The molecule has 2 aromatic carbocycles. The standard InChI is InChI=1S/C25H30N2O6/c1-16(24(30)31)7-6-12-26-23(29)13-17(28)14-27-25(32)33-15-22-20-10-4-2-8-18(20)19-9-3-5-11-21(19)22/h2-5,8-11,16-17,22,28H,6-7,12-15H2,1H3,(H,26,29)(H,27,32)(H,30,31). The third kappa shape index (κ3) is 6.55. The molecule has 0 aliphatic heterocycles. The van der Waals surface area contributed by atoms with Crippen molar-refractivity contribution in [2.24, 2.45) is 5.92 Å². The minimum absolute atomic E-state index is 0.0531. The monoisotopic (exact) mass is 454 g/mol. The molecular formula is C25H30N2O6. The number of hydrogen-bond acceptors (Lipinski definition) is 5. The summed E-state index contributed by atoms with van der Waals surface area (Å²) in [6.45, 7) is 2.01. The Bertz CT molecular complexity index is 947. The van der Waals surface area contributed by atoms with Gasteiger partial charge in [-0.15, -0.1) is 0 Å². The molecule has 0 aromatic heterocycles. The molecule has 4 N–H and O–H groups in total. The lowest BCUT2D eigenvalue weighted by Crippen LogP contribution is -2.36. The van der Waals surface area contributed by atoms with Crippen molar-refractivity contribution in [2.75, 3.05) is 19.7 Å². The van der Waals surface area contributed by atoms with Crippen molar-refractivity contribution in [3.63, 3.8) is 0 Å². The van der Waals surface area contributed by atoms with Crippen molar-refractivity contribution >= 4 is 18.0 Å². The molecule has 0 radical (unpaired) electrons. The second-order valence-corrected chi connectivity index (χ2v) is 8.30. The summed E-state index contributed by atoms with van der Waals surface area (Å²) in [5.74, 6) is -1.74. The van der Waals surface area contributed by atoms with E-state index in [1.165, 1.54) is 0 Å². The Morgan fingerprint density at radius 1 is 1.00 bits per heavy atom. The van der Waals surface area contributed by atoms with E-state index in [0.717, 1.165) is 22.3 Å². The summed E-state index contributed by atoms with van der Waals surface area (Å²) in [7, 11) is 0. The first-order valence-electron chi connectivity index (χ1n) is 11.1. The number of carboxylic acid groups (broad SMARTS) is 1. The molecule has 2 unspecified atom stereocenters. The van der Waals surface area contributed by atoms with Gasteiger partial charge in [0, 0.05) is 19.0 Å². The maximum atomic E-state index is 12.2. The highest BCUT2D eigenvalue weighted by atomic mass is 16.5. The van der Waals surface area contributed by atoms with Crippen molar-refractivity contribution in [3.05, 3.63) is 59.7 Å². The SMILES string of the molecule is CC(CCCNC(=O)CC(O)CNC(=O)OCC1c2ccccc2-c2ccccc21)C(=O)O. The maximum Gasteiger partial charge on any atom is 0.407 e. The number of carboxylic acids is 1. The van der Waals surface area contributed by atoms with Gasteiger partial charge in [-0.05, 0) is 35.1 Å². The number of aliphatic carboxylic acids is 1. The molecule has 1 aliphatic rings. The third-order valence-corrected chi connectivity index (χ3v) is 5.80. The molecular weight excluding hydrogens is 424 g/mol. The Hall–Kier alpha value is -3.39. The van der Waals surface area contributed by atoms with Crippen LogP contribution in [0.5, 0.6) is 0 Å². The predicted molar refractivity (Wildman–Crippen MR) is 123 cm³/mol. The number of benzene rings is 2. The summed E-state index contributed by atoms with van der Waals surface area (Å²) in [4.78, 5) is 34.8. The first-order valence-corrected chi connectivity index (χ1v) is 11.1. The number of carbonyl (C=O) groups is 3. The molecule has 0 saturated heterocycles. The predicted octanol–water partition coefficient (Wildman–Crippen LogP) is 2.89. The van der Waals surface area contributed by atoms with E-state index in [1.807, 2.05) is 36.4 Å². The van der Waals surface area contributed by atoms with E-state index < -0.39 is 24.1 Å². The van der Waals surface area contributed by atoms with Crippen LogP contribution in [0.1, 0.15) is 43.2 Å². The zero-order valence-electron chi connectivity index (χ0n) is 18.6. The van der Waals surface area contributed by atoms with Gasteiger partial charge in [0.1, 0.15) is 6.61 Å². The number of hydrogen-bond donors (Lipinski definition) is 4. The van der Waals surface area contributed by atoms with Crippen LogP contribution in [0.25, 0.3) is 11.1 Å². The molecule has 0 spiro atoms. The number of rotatable bonds is 11. The Balaban J connectivity index is 1.38. The molecule has 2 aromatic rings. The molecule has 176 valence electrons. The lowest BCUT2D eigenvalue weighted by molar-refractivity contribution is -0.141. The number of aliphatic hydroxyl groups is 1. The van der Waals surface area contributed by atoms with E-state index in [0.29, 0.717) is 19.4 Å². The normalized spacial score (nSPS) is 14.0. The fourth-order valence-corrected chi connectivity index (χ4v) is 3.97. The van der Waals surface area contributed by atoms with Crippen LogP contribution in [-0.4, -0.2) is 54.0 Å². The van der Waals surface area contributed by atoms with Crippen LogP contribution < -0.4 is 10.6 Å². The molecule has 33 heavy (non-hydrogen) atoms. The molecule has 8 nitrogen and oxygen atoms in total. The number of nitrogens with one attached hydrogen (secondary N) is 2. The second-order valence-electron chi connectivity index (χ2n) is 8.30. The average molecular weight is 455 g/mol. The van der Waals surface area contributed by atoms with Crippen LogP contribution in [0, 0.1) is 5.92 Å². The maximum absolute atomic E-state index is 12.2. The molecule has 0 fully saturated rings. The van der Waals surface area contributed by atoms with E-state index in [4.69, 9.17) is 9.84 Å². The van der Waals surface area contributed by atoms with Crippen LogP contribution >= 0.6 is 0 Å². The number of alkyl carbamates (subject to hydrolysis) is 1. The summed E-state index contributed by atoms with van der Waals surface area (Å²) >= 11 is 0. The second kappa shape index (κ2) is 11.5. The number of aliphatic hydroxyl groups excluding tert-OH is 1. The van der Waals surface area contributed by atoms with Crippen molar-refractivity contribution in [3.8, 4) is 11.1 Å². The summed E-state index contributed by atoms with van der Waals surface area (Å²) < 4.78 is 5.41. The minimum Gasteiger partial charge on any atom is -0.481 e. The van der Waals surface area contributed by atoms with E-state index >= 15 is 0 Å². The van der Waals surface area contributed by atoms with Crippen molar-refractivity contribution < 1.29 is 29.3 Å². The van der Waals surface area contributed by atoms with Gasteiger partial charge in [0.2, 0.25) is 5.91 Å². The summed E-state index contributed by atoms with van der Waals surface area (Å²) in [5, 5.41) is 24.0. The quantitative estimate of drug-likeness (QED) is 0.387. The van der Waals surface area contributed by atoms with E-state index in [-0.39, 0.29) is 31.4 Å². The van der Waals surface area contributed by atoms with Gasteiger partial charge >= 0.3 is 12.1 Å². The summed E-state index contributed by atoms with van der Waals surface area (Å²) in [5.41, 5.74) is 4.50. The van der Waals surface area contributed by atoms with Gasteiger partial charge in [-0.3, -0.25) is 9.59 Å². The van der Waals surface area contributed by atoms with Crippen molar-refractivity contribution in [1.29, 1.82) is 0 Å².